The molecule has 0 N–H and O–H groups in total. The minimum Gasteiger partial charge on any atom is -0.260 e. The fraction of sp³-hybridized carbons (Fsp3) is 0.643. The van der Waals surface area contributed by atoms with Crippen LogP contribution >= 0.6 is 15.9 Å². The minimum atomic E-state index is 0.116. The van der Waals surface area contributed by atoms with Crippen LogP contribution < -0.4 is 0 Å². The third kappa shape index (κ3) is 5.64. The van der Waals surface area contributed by atoms with Gasteiger partial charge in [0.1, 0.15) is 0 Å². The monoisotopic (exact) mass is 287 g/mol. The average Bonchev–Trinajstić information content (AvgIpc) is 2.26. The second kappa shape index (κ2) is 8.74. The highest BCUT2D eigenvalue weighted by Gasteiger charge is 2.18. The van der Waals surface area contributed by atoms with E-state index in [9.17, 15) is 0 Å². The van der Waals surface area contributed by atoms with Crippen LogP contribution in [0.4, 0.5) is 0 Å². The summed E-state index contributed by atoms with van der Waals surface area (Å²) in [4.78, 5) is 4.36. The lowest BCUT2D eigenvalue weighted by Crippen LogP contribution is -2.14. The zero-order chi connectivity index (χ0) is 13.4. The standard InChI is InChI=1S/C10H14BrN.2C2H6/c1-7-5-6-12-9(8(7)11)10(2,3)4;2*1-2/h5-6H,1-4H3;2*1-2H3. The lowest BCUT2D eigenvalue weighted by molar-refractivity contribution is 0.564. The maximum absolute atomic E-state index is 4.36. The van der Waals surface area contributed by atoms with E-state index >= 15 is 0 Å². The first kappa shape index (κ1) is 18.0. The molecule has 16 heavy (non-hydrogen) atoms. The Labute approximate surface area is 110 Å². The molecule has 1 nitrogen and oxygen atoms in total. The maximum atomic E-state index is 4.36. The van der Waals surface area contributed by atoms with Crippen molar-refractivity contribution in [1.29, 1.82) is 0 Å². The van der Waals surface area contributed by atoms with Gasteiger partial charge in [0.05, 0.1) is 5.69 Å². The van der Waals surface area contributed by atoms with E-state index in [1.807, 2.05) is 40.0 Å². The molecule has 1 aromatic heterocycles. The van der Waals surface area contributed by atoms with Gasteiger partial charge in [0, 0.05) is 16.1 Å². The molecule has 0 aliphatic rings. The van der Waals surface area contributed by atoms with Gasteiger partial charge in [-0.1, -0.05) is 48.5 Å². The summed E-state index contributed by atoms with van der Waals surface area (Å²) in [6.45, 7) is 16.6. The third-order valence-corrected chi connectivity index (χ3v) is 2.79. The quantitative estimate of drug-likeness (QED) is 0.614. The number of hydrogen-bond acceptors (Lipinski definition) is 1. The molecular weight excluding hydrogens is 262 g/mol. The molecule has 0 atom stereocenters. The van der Waals surface area contributed by atoms with Crippen molar-refractivity contribution < 1.29 is 0 Å². The number of hydrogen-bond donors (Lipinski definition) is 0. The highest BCUT2D eigenvalue weighted by atomic mass is 79.9. The Hall–Kier alpha value is -0.370. The molecule has 0 saturated carbocycles. The Balaban J connectivity index is 0. The summed E-state index contributed by atoms with van der Waals surface area (Å²) in [7, 11) is 0. The number of aromatic nitrogens is 1. The Morgan fingerprint density at radius 2 is 1.50 bits per heavy atom. The van der Waals surface area contributed by atoms with Gasteiger partial charge in [0.25, 0.3) is 0 Å². The molecule has 0 aliphatic heterocycles. The van der Waals surface area contributed by atoms with Crippen LogP contribution in [0.25, 0.3) is 0 Å². The van der Waals surface area contributed by atoms with Gasteiger partial charge in [-0.15, -0.1) is 0 Å². The van der Waals surface area contributed by atoms with Crippen molar-refractivity contribution in [1.82, 2.24) is 4.98 Å². The van der Waals surface area contributed by atoms with E-state index < -0.39 is 0 Å². The van der Waals surface area contributed by atoms with Crippen molar-refractivity contribution in [2.75, 3.05) is 0 Å². The predicted molar refractivity (Wildman–Crippen MR) is 78.1 cm³/mol. The van der Waals surface area contributed by atoms with E-state index in [4.69, 9.17) is 0 Å². The molecular formula is C14H26BrN. The molecule has 2 heteroatoms. The van der Waals surface area contributed by atoms with E-state index in [2.05, 4.69) is 48.6 Å². The van der Waals surface area contributed by atoms with Gasteiger partial charge in [-0.3, -0.25) is 4.98 Å². The smallest absolute Gasteiger partial charge is 0.0601 e. The Bertz CT molecular complexity index is 287. The van der Waals surface area contributed by atoms with Crippen LogP contribution in [-0.2, 0) is 5.41 Å². The van der Waals surface area contributed by atoms with Gasteiger partial charge in [0.2, 0.25) is 0 Å². The SMILES string of the molecule is CC.CC.Cc1ccnc(C(C)(C)C)c1Br. The summed E-state index contributed by atoms with van der Waals surface area (Å²) < 4.78 is 1.14. The molecule has 0 spiro atoms. The van der Waals surface area contributed by atoms with E-state index in [-0.39, 0.29) is 5.41 Å². The van der Waals surface area contributed by atoms with E-state index in [0.717, 1.165) is 10.2 Å². The van der Waals surface area contributed by atoms with Gasteiger partial charge in [-0.25, -0.2) is 0 Å². The highest BCUT2D eigenvalue weighted by molar-refractivity contribution is 9.10. The van der Waals surface area contributed by atoms with E-state index in [0.29, 0.717) is 0 Å². The summed E-state index contributed by atoms with van der Waals surface area (Å²) in [6.07, 6.45) is 1.86. The van der Waals surface area contributed by atoms with Crippen LogP contribution in [0.2, 0.25) is 0 Å². The molecule has 0 bridgehead atoms. The van der Waals surface area contributed by atoms with E-state index in [1.165, 1.54) is 5.56 Å². The minimum absolute atomic E-state index is 0.116. The molecule has 0 radical (unpaired) electrons. The zero-order valence-electron chi connectivity index (χ0n) is 12.0. The van der Waals surface area contributed by atoms with Gasteiger partial charge in [-0.05, 0) is 34.5 Å². The molecule has 0 fully saturated rings. The molecule has 1 rings (SSSR count). The first-order valence-corrected chi connectivity index (χ1v) is 6.84. The van der Waals surface area contributed by atoms with Crippen LogP contribution in [0.3, 0.4) is 0 Å². The summed E-state index contributed by atoms with van der Waals surface area (Å²) >= 11 is 3.55. The van der Waals surface area contributed by atoms with Gasteiger partial charge in [-0.2, -0.15) is 0 Å². The molecule has 1 aromatic rings. The topological polar surface area (TPSA) is 12.9 Å². The predicted octanol–water partition coefficient (Wildman–Crippen LogP) is 5.50. The summed E-state index contributed by atoms with van der Waals surface area (Å²) in [5.74, 6) is 0. The number of nitrogens with zero attached hydrogens (tertiary/aromatic N) is 1. The molecule has 0 amide bonds. The number of rotatable bonds is 0. The Kier molecular flexibility index (Phi) is 9.84. The second-order valence-corrected chi connectivity index (χ2v) is 4.83. The van der Waals surface area contributed by atoms with Crippen LogP contribution in [0.15, 0.2) is 16.7 Å². The van der Waals surface area contributed by atoms with Gasteiger partial charge >= 0.3 is 0 Å². The number of pyridine rings is 1. The Morgan fingerprint density at radius 1 is 1.06 bits per heavy atom. The summed E-state index contributed by atoms with van der Waals surface area (Å²) in [5, 5.41) is 0. The highest BCUT2D eigenvalue weighted by Crippen LogP contribution is 2.29. The van der Waals surface area contributed by atoms with Crippen LogP contribution in [-0.4, -0.2) is 4.98 Å². The maximum Gasteiger partial charge on any atom is 0.0601 e. The Morgan fingerprint density at radius 3 is 1.81 bits per heavy atom. The zero-order valence-corrected chi connectivity index (χ0v) is 13.6. The number of halogens is 1. The fourth-order valence-electron chi connectivity index (χ4n) is 1.06. The van der Waals surface area contributed by atoms with Crippen molar-refractivity contribution in [3.05, 3.63) is 28.0 Å². The van der Waals surface area contributed by atoms with Gasteiger partial charge in [0.15, 0.2) is 0 Å². The fourth-order valence-corrected chi connectivity index (χ4v) is 1.89. The van der Waals surface area contributed by atoms with Crippen molar-refractivity contribution in [3.8, 4) is 0 Å². The molecule has 0 aliphatic carbocycles. The lowest BCUT2D eigenvalue weighted by atomic mass is 9.91. The largest absolute Gasteiger partial charge is 0.260 e. The van der Waals surface area contributed by atoms with Crippen molar-refractivity contribution in [3.63, 3.8) is 0 Å². The lowest BCUT2D eigenvalue weighted by Gasteiger charge is -2.19. The van der Waals surface area contributed by atoms with Crippen LogP contribution in [0.1, 0.15) is 59.7 Å². The van der Waals surface area contributed by atoms with Crippen molar-refractivity contribution >= 4 is 15.9 Å². The molecule has 1 heterocycles. The molecule has 0 saturated heterocycles. The van der Waals surface area contributed by atoms with Crippen molar-refractivity contribution in [2.45, 2.75) is 60.8 Å². The van der Waals surface area contributed by atoms with Crippen molar-refractivity contribution in [2.24, 2.45) is 0 Å². The normalized spacial score (nSPS) is 9.56. The first-order chi connectivity index (χ1) is 7.43. The first-order valence-electron chi connectivity index (χ1n) is 6.04. The molecule has 0 aromatic carbocycles. The van der Waals surface area contributed by atoms with E-state index in [1.54, 1.807) is 0 Å². The molecule has 0 unspecified atom stereocenters. The number of aryl methyl sites for hydroxylation is 1. The summed E-state index contributed by atoms with van der Waals surface area (Å²) in [5.41, 5.74) is 2.49. The van der Waals surface area contributed by atoms with Crippen LogP contribution in [0, 0.1) is 6.92 Å². The second-order valence-electron chi connectivity index (χ2n) is 4.04. The van der Waals surface area contributed by atoms with Gasteiger partial charge < -0.3 is 0 Å². The average molecular weight is 288 g/mol. The third-order valence-electron chi connectivity index (χ3n) is 1.79. The summed E-state index contributed by atoms with van der Waals surface area (Å²) in [6, 6.07) is 2.01. The van der Waals surface area contributed by atoms with Crippen LogP contribution in [0.5, 0.6) is 0 Å². The molecule has 94 valence electrons.